The van der Waals surface area contributed by atoms with Gasteiger partial charge in [0.1, 0.15) is 11.4 Å². The van der Waals surface area contributed by atoms with Gasteiger partial charge in [-0.1, -0.05) is 36.8 Å². The molecule has 2 aliphatic heterocycles. The van der Waals surface area contributed by atoms with E-state index in [0.29, 0.717) is 28.6 Å². The number of carbonyl (C=O) groups excluding carboxylic acids is 2. The van der Waals surface area contributed by atoms with Crippen LogP contribution in [0, 0.1) is 26.7 Å². The fourth-order valence-electron chi connectivity index (χ4n) is 4.57. The molecule has 1 saturated heterocycles. The number of imide groups is 1. The highest BCUT2D eigenvalue weighted by molar-refractivity contribution is 6.45. The number of benzene rings is 2. The summed E-state index contributed by atoms with van der Waals surface area (Å²) in [5, 5.41) is 0. The van der Waals surface area contributed by atoms with Crippen LogP contribution in [-0.4, -0.2) is 36.9 Å². The van der Waals surface area contributed by atoms with E-state index >= 15 is 0 Å². The normalized spacial score (nSPS) is 17.7. The predicted molar refractivity (Wildman–Crippen MR) is 123 cm³/mol. The quantitative estimate of drug-likeness (QED) is 0.679. The van der Waals surface area contributed by atoms with E-state index < -0.39 is 0 Å². The van der Waals surface area contributed by atoms with E-state index in [-0.39, 0.29) is 11.8 Å². The van der Waals surface area contributed by atoms with Crippen LogP contribution in [0.25, 0.3) is 5.57 Å². The molecule has 2 aromatic rings. The summed E-state index contributed by atoms with van der Waals surface area (Å²) in [4.78, 5) is 31.0. The Labute approximate surface area is 184 Å². The van der Waals surface area contributed by atoms with Crippen molar-refractivity contribution in [1.82, 2.24) is 4.90 Å². The van der Waals surface area contributed by atoms with Crippen LogP contribution in [0.1, 0.15) is 42.0 Å². The number of likely N-dealkylation sites (tertiary alicyclic amines) is 1. The molecule has 2 amide bonds. The van der Waals surface area contributed by atoms with E-state index in [1.807, 2.05) is 51.1 Å². The smallest absolute Gasteiger partial charge is 0.282 e. The lowest BCUT2D eigenvalue weighted by Gasteiger charge is -2.33. The lowest BCUT2D eigenvalue weighted by molar-refractivity contribution is -0.120. The predicted octanol–water partition coefficient (Wildman–Crippen LogP) is 4.64. The van der Waals surface area contributed by atoms with Gasteiger partial charge in [-0.05, 0) is 68.4 Å². The minimum absolute atomic E-state index is 0.265. The summed E-state index contributed by atoms with van der Waals surface area (Å²) in [6.07, 6.45) is 2.03. The summed E-state index contributed by atoms with van der Waals surface area (Å²) in [6.45, 7) is 9.77. The number of hydrogen-bond donors (Lipinski definition) is 0. The summed E-state index contributed by atoms with van der Waals surface area (Å²) in [5.41, 5.74) is 5.44. The Kier molecular flexibility index (Phi) is 5.61. The van der Waals surface area contributed by atoms with Gasteiger partial charge in [0.15, 0.2) is 0 Å². The molecule has 4 rings (SSSR count). The second-order valence-corrected chi connectivity index (χ2v) is 8.83. The van der Waals surface area contributed by atoms with Gasteiger partial charge in [0.05, 0.1) is 18.4 Å². The minimum Gasteiger partial charge on any atom is -0.495 e. The maximum atomic E-state index is 13.8. The van der Waals surface area contributed by atoms with E-state index in [1.165, 1.54) is 4.90 Å². The van der Waals surface area contributed by atoms with Crippen LogP contribution in [0.4, 0.5) is 5.69 Å². The SMILES string of the molecule is COc1ccc(C)cc1N1C(=O)C(c2ccc(C)cc2C)=C(N2CCC(C)CC2)C1=O. The third-order valence-electron chi connectivity index (χ3n) is 6.39. The fraction of sp³-hybridized carbons (Fsp3) is 0.385. The van der Waals surface area contributed by atoms with Crippen LogP contribution in [0.15, 0.2) is 42.1 Å². The summed E-state index contributed by atoms with van der Waals surface area (Å²) in [6, 6.07) is 11.6. The van der Waals surface area contributed by atoms with Gasteiger partial charge in [-0.3, -0.25) is 9.59 Å². The standard InChI is InChI=1S/C26H30N2O3/c1-16-10-12-27(13-11-16)24-23(20-8-6-17(2)14-19(20)4)25(29)28(26(24)30)21-15-18(3)7-9-22(21)31-5/h6-9,14-16H,10-13H2,1-5H3. The molecule has 0 aromatic heterocycles. The van der Waals surface area contributed by atoms with Crippen molar-refractivity contribution in [3.63, 3.8) is 0 Å². The first-order valence-corrected chi connectivity index (χ1v) is 10.9. The maximum Gasteiger partial charge on any atom is 0.282 e. The highest BCUT2D eigenvalue weighted by Gasteiger charge is 2.44. The van der Waals surface area contributed by atoms with Crippen molar-refractivity contribution in [3.05, 3.63) is 64.3 Å². The fourth-order valence-corrected chi connectivity index (χ4v) is 4.57. The highest BCUT2D eigenvalue weighted by Crippen LogP contribution is 2.40. The molecule has 0 N–H and O–H groups in total. The average molecular weight is 419 g/mol. The molecule has 0 bridgehead atoms. The topological polar surface area (TPSA) is 49.9 Å². The van der Waals surface area contributed by atoms with Crippen LogP contribution in [0.5, 0.6) is 5.75 Å². The Morgan fingerprint density at radius 2 is 1.55 bits per heavy atom. The molecular weight excluding hydrogens is 388 g/mol. The van der Waals surface area contributed by atoms with Crippen LogP contribution < -0.4 is 9.64 Å². The molecule has 0 atom stereocenters. The van der Waals surface area contributed by atoms with Gasteiger partial charge >= 0.3 is 0 Å². The van der Waals surface area contributed by atoms with Gasteiger partial charge in [0, 0.05) is 13.1 Å². The van der Waals surface area contributed by atoms with E-state index in [1.54, 1.807) is 7.11 Å². The lowest BCUT2D eigenvalue weighted by atomic mass is 9.95. The first-order valence-electron chi connectivity index (χ1n) is 10.9. The molecule has 0 saturated carbocycles. The second-order valence-electron chi connectivity index (χ2n) is 8.83. The molecule has 5 heteroatoms. The van der Waals surface area contributed by atoms with Gasteiger partial charge in [0.25, 0.3) is 11.8 Å². The number of piperidine rings is 1. The van der Waals surface area contributed by atoms with Crippen molar-refractivity contribution in [2.45, 2.75) is 40.5 Å². The molecule has 2 heterocycles. The van der Waals surface area contributed by atoms with Crippen LogP contribution in [0.3, 0.4) is 0 Å². The molecule has 0 spiro atoms. The third-order valence-corrected chi connectivity index (χ3v) is 6.39. The zero-order chi connectivity index (χ0) is 22.3. The number of amides is 2. The zero-order valence-electron chi connectivity index (χ0n) is 19.0. The Morgan fingerprint density at radius 3 is 2.19 bits per heavy atom. The number of hydrogen-bond acceptors (Lipinski definition) is 4. The molecule has 0 aliphatic carbocycles. The van der Waals surface area contributed by atoms with Crippen molar-refractivity contribution in [2.24, 2.45) is 5.92 Å². The van der Waals surface area contributed by atoms with E-state index in [2.05, 4.69) is 17.9 Å². The molecule has 5 nitrogen and oxygen atoms in total. The monoisotopic (exact) mass is 418 g/mol. The molecule has 162 valence electrons. The largest absolute Gasteiger partial charge is 0.495 e. The number of methoxy groups -OCH3 is 1. The summed E-state index contributed by atoms with van der Waals surface area (Å²) >= 11 is 0. The van der Waals surface area contributed by atoms with E-state index in [4.69, 9.17) is 4.74 Å². The second kappa shape index (κ2) is 8.22. The molecule has 2 aliphatic rings. The van der Waals surface area contributed by atoms with Crippen LogP contribution in [0.2, 0.25) is 0 Å². The number of anilines is 1. The van der Waals surface area contributed by atoms with Gasteiger partial charge in [0.2, 0.25) is 0 Å². The van der Waals surface area contributed by atoms with Crippen molar-refractivity contribution in [2.75, 3.05) is 25.1 Å². The molecule has 1 fully saturated rings. The van der Waals surface area contributed by atoms with Gasteiger partial charge in [-0.15, -0.1) is 0 Å². The van der Waals surface area contributed by atoms with E-state index in [9.17, 15) is 9.59 Å². The Morgan fingerprint density at radius 1 is 0.903 bits per heavy atom. The first-order chi connectivity index (χ1) is 14.8. The Hall–Kier alpha value is -3.08. The van der Waals surface area contributed by atoms with Crippen molar-refractivity contribution >= 4 is 23.1 Å². The zero-order valence-corrected chi connectivity index (χ0v) is 19.0. The van der Waals surface area contributed by atoms with E-state index in [0.717, 1.165) is 48.2 Å². The number of rotatable bonds is 4. The maximum absolute atomic E-state index is 13.8. The number of aryl methyl sites for hydroxylation is 3. The van der Waals surface area contributed by atoms with Crippen LogP contribution in [-0.2, 0) is 9.59 Å². The van der Waals surface area contributed by atoms with Gasteiger partial charge in [-0.25, -0.2) is 4.90 Å². The van der Waals surface area contributed by atoms with Crippen molar-refractivity contribution in [3.8, 4) is 5.75 Å². The number of ether oxygens (including phenoxy) is 1. The molecule has 31 heavy (non-hydrogen) atoms. The number of carbonyl (C=O) groups is 2. The average Bonchev–Trinajstić information content (AvgIpc) is 2.98. The lowest BCUT2D eigenvalue weighted by Crippen LogP contribution is -2.38. The minimum atomic E-state index is -0.283. The summed E-state index contributed by atoms with van der Waals surface area (Å²) in [5.74, 6) is 0.593. The molecule has 2 aromatic carbocycles. The van der Waals surface area contributed by atoms with Crippen molar-refractivity contribution in [1.29, 1.82) is 0 Å². The van der Waals surface area contributed by atoms with Crippen LogP contribution >= 0.6 is 0 Å². The van der Waals surface area contributed by atoms with Crippen molar-refractivity contribution < 1.29 is 14.3 Å². The first kappa shape index (κ1) is 21.2. The summed E-state index contributed by atoms with van der Waals surface area (Å²) < 4.78 is 5.51. The summed E-state index contributed by atoms with van der Waals surface area (Å²) in [7, 11) is 1.56. The molecule has 0 unspecified atom stereocenters. The Bertz CT molecular complexity index is 1080. The molecule has 0 radical (unpaired) electrons. The van der Waals surface area contributed by atoms with Gasteiger partial charge in [-0.2, -0.15) is 0 Å². The third kappa shape index (κ3) is 3.73. The highest BCUT2D eigenvalue weighted by atomic mass is 16.5. The van der Waals surface area contributed by atoms with Gasteiger partial charge < -0.3 is 9.64 Å². The Balaban J connectivity index is 1.88. The molecular formula is C26H30N2O3. The number of nitrogens with zero attached hydrogens (tertiary/aromatic N) is 2.